The molecule has 6 nitrogen and oxygen atoms in total. The third kappa shape index (κ3) is 6.91. The van der Waals surface area contributed by atoms with Crippen molar-refractivity contribution in [3.8, 4) is 0 Å². The van der Waals surface area contributed by atoms with E-state index in [1.807, 2.05) is 0 Å². The Kier molecular flexibility index (Phi) is 7.29. The first-order chi connectivity index (χ1) is 8.65. The van der Waals surface area contributed by atoms with E-state index in [1.54, 1.807) is 27.7 Å². The number of Topliss-reactive ketones (excluding diaryl/α,β-unsaturated/α-hetero) is 1. The van der Waals surface area contributed by atoms with Crippen molar-refractivity contribution in [2.75, 3.05) is 0 Å². The van der Waals surface area contributed by atoms with Crippen LogP contribution in [0.25, 0.3) is 0 Å². The van der Waals surface area contributed by atoms with E-state index in [2.05, 4.69) is 5.32 Å². The van der Waals surface area contributed by atoms with Crippen LogP contribution >= 0.6 is 0 Å². The number of carbonyl (C=O) groups excluding carboxylic acids is 3. The van der Waals surface area contributed by atoms with E-state index in [0.717, 1.165) is 0 Å². The Hall–Kier alpha value is -1.43. The molecule has 0 aromatic heterocycles. The van der Waals surface area contributed by atoms with Crippen LogP contribution in [0.4, 0.5) is 0 Å². The number of esters is 1. The van der Waals surface area contributed by atoms with Gasteiger partial charge >= 0.3 is 5.97 Å². The standard InChI is InChI=1S/C13H23NO5/c1-7(2)12(9(5)15)14-13(18)10(16)6-11(17)19-8(3)4/h7-8,10,12,16H,6H2,1-5H3,(H,14,18). The Morgan fingerprint density at radius 2 is 1.68 bits per heavy atom. The van der Waals surface area contributed by atoms with E-state index in [1.165, 1.54) is 6.92 Å². The molecule has 0 radical (unpaired) electrons. The predicted octanol–water partition coefficient (Wildman–Crippen LogP) is 0.419. The van der Waals surface area contributed by atoms with Gasteiger partial charge in [0.1, 0.15) is 6.10 Å². The summed E-state index contributed by atoms with van der Waals surface area (Å²) in [7, 11) is 0. The van der Waals surface area contributed by atoms with Gasteiger partial charge in [-0.25, -0.2) is 0 Å². The average molecular weight is 273 g/mol. The van der Waals surface area contributed by atoms with Crippen LogP contribution in [0.3, 0.4) is 0 Å². The summed E-state index contributed by atoms with van der Waals surface area (Å²) in [5.74, 6) is -1.67. The number of nitrogens with one attached hydrogen (secondary N) is 1. The molecule has 0 saturated carbocycles. The van der Waals surface area contributed by atoms with Crippen LogP contribution in [0, 0.1) is 5.92 Å². The van der Waals surface area contributed by atoms with Crippen LogP contribution in [0.2, 0.25) is 0 Å². The van der Waals surface area contributed by atoms with Crippen LogP contribution in [0.15, 0.2) is 0 Å². The molecule has 0 fully saturated rings. The Balaban J connectivity index is 4.41. The predicted molar refractivity (Wildman–Crippen MR) is 69.3 cm³/mol. The second kappa shape index (κ2) is 7.89. The second-order valence-electron chi connectivity index (χ2n) is 5.10. The Labute approximate surface area is 113 Å². The molecule has 6 heteroatoms. The molecule has 0 rings (SSSR count). The fourth-order valence-electron chi connectivity index (χ4n) is 1.55. The second-order valence-corrected chi connectivity index (χ2v) is 5.10. The van der Waals surface area contributed by atoms with E-state index >= 15 is 0 Å². The number of rotatable bonds is 7. The molecule has 2 atom stereocenters. The lowest BCUT2D eigenvalue weighted by Gasteiger charge is -2.21. The number of ketones is 1. The van der Waals surface area contributed by atoms with Crippen molar-refractivity contribution in [2.24, 2.45) is 5.92 Å². The number of aliphatic hydroxyl groups excluding tert-OH is 1. The van der Waals surface area contributed by atoms with E-state index in [0.29, 0.717) is 0 Å². The summed E-state index contributed by atoms with van der Waals surface area (Å²) < 4.78 is 4.83. The number of ether oxygens (including phenoxy) is 1. The van der Waals surface area contributed by atoms with Gasteiger partial charge in [0.05, 0.1) is 18.6 Å². The van der Waals surface area contributed by atoms with Crippen molar-refractivity contribution in [1.29, 1.82) is 0 Å². The number of hydrogen-bond acceptors (Lipinski definition) is 5. The highest BCUT2D eigenvalue weighted by atomic mass is 16.5. The van der Waals surface area contributed by atoms with Crippen LogP contribution in [-0.2, 0) is 19.1 Å². The largest absolute Gasteiger partial charge is 0.463 e. The normalized spacial score (nSPS) is 14.1. The molecule has 0 bridgehead atoms. The minimum Gasteiger partial charge on any atom is -0.463 e. The molecular formula is C13H23NO5. The number of carbonyl (C=O) groups is 3. The summed E-state index contributed by atoms with van der Waals surface area (Å²) in [5, 5.41) is 12.0. The van der Waals surface area contributed by atoms with Gasteiger partial charge in [-0.05, 0) is 26.7 Å². The third-order valence-corrected chi connectivity index (χ3v) is 2.43. The highest BCUT2D eigenvalue weighted by molar-refractivity contribution is 5.91. The Morgan fingerprint density at radius 3 is 2.05 bits per heavy atom. The van der Waals surface area contributed by atoms with Crippen molar-refractivity contribution in [2.45, 2.75) is 59.3 Å². The zero-order valence-electron chi connectivity index (χ0n) is 12.1. The highest BCUT2D eigenvalue weighted by Crippen LogP contribution is 2.05. The zero-order valence-corrected chi connectivity index (χ0v) is 12.1. The molecular weight excluding hydrogens is 250 g/mol. The molecule has 0 aliphatic rings. The van der Waals surface area contributed by atoms with Crippen molar-refractivity contribution in [3.05, 3.63) is 0 Å². The fourth-order valence-corrected chi connectivity index (χ4v) is 1.55. The van der Waals surface area contributed by atoms with Gasteiger partial charge < -0.3 is 15.2 Å². The van der Waals surface area contributed by atoms with Gasteiger partial charge in [0, 0.05) is 0 Å². The molecule has 1 amide bonds. The SMILES string of the molecule is CC(=O)C(NC(=O)C(O)CC(=O)OC(C)C)C(C)C. The van der Waals surface area contributed by atoms with Crippen molar-refractivity contribution >= 4 is 17.7 Å². The fraction of sp³-hybridized carbons (Fsp3) is 0.769. The Morgan fingerprint density at radius 1 is 1.16 bits per heavy atom. The third-order valence-electron chi connectivity index (χ3n) is 2.43. The van der Waals surface area contributed by atoms with Crippen molar-refractivity contribution in [1.82, 2.24) is 5.32 Å². The first kappa shape index (κ1) is 17.6. The summed E-state index contributed by atoms with van der Waals surface area (Å²) in [6.45, 7) is 8.28. The smallest absolute Gasteiger partial charge is 0.309 e. The Bertz CT molecular complexity index is 338. The summed E-state index contributed by atoms with van der Waals surface area (Å²) in [5.41, 5.74) is 0. The van der Waals surface area contributed by atoms with Gasteiger partial charge in [0.25, 0.3) is 0 Å². The van der Waals surface area contributed by atoms with Gasteiger partial charge in [0.15, 0.2) is 5.78 Å². The zero-order chi connectivity index (χ0) is 15.2. The molecule has 110 valence electrons. The van der Waals surface area contributed by atoms with E-state index in [4.69, 9.17) is 4.74 Å². The van der Waals surface area contributed by atoms with E-state index in [9.17, 15) is 19.5 Å². The average Bonchev–Trinajstić information content (AvgIpc) is 2.22. The van der Waals surface area contributed by atoms with Gasteiger partial charge in [-0.2, -0.15) is 0 Å². The number of hydrogen-bond donors (Lipinski definition) is 2. The minimum absolute atomic E-state index is 0.0868. The molecule has 2 unspecified atom stereocenters. The molecule has 0 aromatic rings. The van der Waals surface area contributed by atoms with Crippen molar-refractivity contribution in [3.63, 3.8) is 0 Å². The van der Waals surface area contributed by atoms with Gasteiger partial charge in [-0.15, -0.1) is 0 Å². The lowest BCUT2D eigenvalue weighted by atomic mass is 10.0. The number of aliphatic hydroxyl groups is 1. The monoisotopic (exact) mass is 273 g/mol. The lowest BCUT2D eigenvalue weighted by Crippen LogP contribution is -2.48. The van der Waals surface area contributed by atoms with Gasteiger partial charge in [-0.1, -0.05) is 13.8 Å². The number of amides is 1. The van der Waals surface area contributed by atoms with Crippen LogP contribution in [0.5, 0.6) is 0 Å². The highest BCUT2D eigenvalue weighted by Gasteiger charge is 2.26. The van der Waals surface area contributed by atoms with Gasteiger partial charge in [0.2, 0.25) is 5.91 Å². The molecule has 0 heterocycles. The molecule has 0 saturated heterocycles. The molecule has 0 aliphatic carbocycles. The van der Waals surface area contributed by atoms with Crippen LogP contribution in [-0.4, -0.2) is 41.0 Å². The maximum absolute atomic E-state index is 11.7. The molecule has 0 aliphatic heterocycles. The lowest BCUT2D eigenvalue weighted by molar-refractivity contribution is -0.152. The van der Waals surface area contributed by atoms with E-state index in [-0.39, 0.29) is 17.8 Å². The summed E-state index contributed by atoms with van der Waals surface area (Å²) in [4.78, 5) is 34.3. The van der Waals surface area contributed by atoms with Crippen LogP contribution in [0.1, 0.15) is 41.0 Å². The summed E-state index contributed by atoms with van der Waals surface area (Å²) in [6.07, 6.45) is -2.23. The molecule has 0 aromatic carbocycles. The quantitative estimate of drug-likeness (QED) is 0.656. The van der Waals surface area contributed by atoms with Crippen LogP contribution < -0.4 is 5.32 Å². The first-order valence-electron chi connectivity index (χ1n) is 6.33. The maximum Gasteiger partial charge on any atom is 0.309 e. The summed E-state index contributed by atoms with van der Waals surface area (Å²) >= 11 is 0. The molecule has 0 spiro atoms. The van der Waals surface area contributed by atoms with E-state index < -0.39 is 30.4 Å². The molecule has 2 N–H and O–H groups in total. The minimum atomic E-state index is -1.51. The maximum atomic E-state index is 11.7. The topological polar surface area (TPSA) is 92.7 Å². The first-order valence-corrected chi connectivity index (χ1v) is 6.33. The molecule has 19 heavy (non-hydrogen) atoms. The van der Waals surface area contributed by atoms with Gasteiger partial charge in [-0.3, -0.25) is 14.4 Å². The van der Waals surface area contributed by atoms with Crippen molar-refractivity contribution < 1.29 is 24.2 Å². The summed E-state index contributed by atoms with van der Waals surface area (Å²) in [6, 6.07) is -0.664.